The highest BCUT2D eigenvalue weighted by Gasteiger charge is 2.32. The molecule has 112 valence electrons. The third kappa shape index (κ3) is 3.13. The standard InChI is InChI=1S/C17H14ClNO2S/c18-12-8-4-5-9-14(12)22-16-15(20)13(19-17(16)21)10-11-6-2-1-3-7-11/h1-9,13,20H,10H2,(H,19,21)/t13-/m0/s1. The number of halogens is 1. The van der Waals surface area contributed by atoms with Crippen LogP contribution in [0.25, 0.3) is 0 Å². The molecule has 5 heteroatoms. The lowest BCUT2D eigenvalue weighted by Gasteiger charge is -2.10. The molecule has 3 nitrogen and oxygen atoms in total. The average molecular weight is 332 g/mol. The Bertz CT molecular complexity index is 730. The summed E-state index contributed by atoms with van der Waals surface area (Å²) < 4.78 is 0. The summed E-state index contributed by atoms with van der Waals surface area (Å²) in [4.78, 5) is 13.2. The summed E-state index contributed by atoms with van der Waals surface area (Å²) in [5, 5.41) is 13.7. The molecular weight excluding hydrogens is 318 g/mol. The van der Waals surface area contributed by atoms with Gasteiger partial charge in [-0.1, -0.05) is 65.8 Å². The topological polar surface area (TPSA) is 49.3 Å². The van der Waals surface area contributed by atoms with Crippen molar-refractivity contribution < 1.29 is 9.90 Å². The van der Waals surface area contributed by atoms with Crippen molar-refractivity contribution in [2.24, 2.45) is 0 Å². The van der Waals surface area contributed by atoms with Gasteiger partial charge in [0.15, 0.2) is 0 Å². The number of thioether (sulfide) groups is 1. The van der Waals surface area contributed by atoms with E-state index in [1.54, 1.807) is 6.07 Å². The SMILES string of the molecule is O=C1N[C@@H](Cc2ccccc2)C(O)=C1Sc1ccccc1Cl. The second-order valence-electron chi connectivity index (χ2n) is 4.96. The van der Waals surface area contributed by atoms with Crippen LogP contribution in [0.1, 0.15) is 5.56 Å². The van der Waals surface area contributed by atoms with Crippen molar-refractivity contribution in [1.29, 1.82) is 0 Å². The molecule has 0 fully saturated rings. The first-order chi connectivity index (χ1) is 10.6. The van der Waals surface area contributed by atoms with E-state index in [4.69, 9.17) is 11.6 Å². The summed E-state index contributed by atoms with van der Waals surface area (Å²) in [5.41, 5.74) is 1.06. The van der Waals surface area contributed by atoms with Crippen molar-refractivity contribution in [2.45, 2.75) is 17.4 Å². The minimum absolute atomic E-state index is 0.0822. The van der Waals surface area contributed by atoms with E-state index < -0.39 is 0 Å². The molecule has 0 saturated heterocycles. The molecule has 3 rings (SSSR count). The zero-order chi connectivity index (χ0) is 15.5. The van der Waals surface area contributed by atoms with E-state index in [2.05, 4.69) is 5.32 Å². The number of nitrogens with one attached hydrogen (secondary N) is 1. The highest BCUT2D eigenvalue weighted by atomic mass is 35.5. The Balaban J connectivity index is 1.81. The fraction of sp³-hybridized carbons (Fsp3) is 0.118. The highest BCUT2D eigenvalue weighted by Crippen LogP contribution is 2.36. The minimum Gasteiger partial charge on any atom is -0.509 e. The Hall–Kier alpha value is -1.91. The fourth-order valence-electron chi connectivity index (χ4n) is 2.30. The molecule has 0 aliphatic carbocycles. The van der Waals surface area contributed by atoms with Crippen LogP contribution in [0, 0.1) is 0 Å². The second-order valence-corrected chi connectivity index (χ2v) is 6.42. The van der Waals surface area contributed by atoms with Crippen LogP contribution in [0.15, 0.2) is 70.2 Å². The maximum absolute atomic E-state index is 12.1. The molecule has 2 aromatic carbocycles. The maximum atomic E-state index is 12.1. The van der Waals surface area contributed by atoms with Gasteiger partial charge in [-0.25, -0.2) is 0 Å². The van der Waals surface area contributed by atoms with E-state index in [-0.39, 0.29) is 17.7 Å². The van der Waals surface area contributed by atoms with Gasteiger partial charge in [0, 0.05) is 4.90 Å². The van der Waals surface area contributed by atoms with Crippen LogP contribution in [0.3, 0.4) is 0 Å². The number of carbonyl (C=O) groups excluding carboxylic acids is 1. The molecule has 1 heterocycles. The molecule has 0 bridgehead atoms. The largest absolute Gasteiger partial charge is 0.509 e. The predicted octanol–water partition coefficient (Wildman–Crippen LogP) is 3.94. The number of hydrogen-bond acceptors (Lipinski definition) is 3. The normalized spacial score (nSPS) is 17.7. The first kappa shape index (κ1) is 15.0. The van der Waals surface area contributed by atoms with Gasteiger partial charge in [-0.15, -0.1) is 0 Å². The van der Waals surface area contributed by atoms with Gasteiger partial charge in [-0.2, -0.15) is 0 Å². The van der Waals surface area contributed by atoms with Crippen LogP contribution in [0.4, 0.5) is 0 Å². The van der Waals surface area contributed by atoms with E-state index in [0.717, 1.165) is 10.5 Å². The van der Waals surface area contributed by atoms with Crippen molar-refractivity contribution in [3.8, 4) is 0 Å². The van der Waals surface area contributed by atoms with Crippen molar-refractivity contribution >= 4 is 29.3 Å². The van der Waals surface area contributed by atoms with Crippen LogP contribution in [-0.4, -0.2) is 17.1 Å². The number of amides is 1. The second kappa shape index (κ2) is 6.46. The maximum Gasteiger partial charge on any atom is 0.262 e. The summed E-state index contributed by atoms with van der Waals surface area (Å²) >= 11 is 7.30. The molecule has 0 aromatic heterocycles. The quantitative estimate of drug-likeness (QED) is 0.892. The van der Waals surface area contributed by atoms with Gasteiger partial charge >= 0.3 is 0 Å². The molecule has 22 heavy (non-hydrogen) atoms. The number of hydrogen-bond donors (Lipinski definition) is 2. The molecule has 2 aromatic rings. The molecule has 0 unspecified atom stereocenters. The Morgan fingerprint density at radius 1 is 1.09 bits per heavy atom. The summed E-state index contributed by atoms with van der Waals surface area (Å²) in [6.45, 7) is 0. The Kier molecular flexibility index (Phi) is 4.41. The molecule has 2 N–H and O–H groups in total. The lowest BCUT2D eigenvalue weighted by Crippen LogP contribution is -2.30. The van der Waals surface area contributed by atoms with E-state index in [9.17, 15) is 9.90 Å². The first-order valence-electron chi connectivity index (χ1n) is 6.85. The molecule has 0 saturated carbocycles. The molecule has 0 spiro atoms. The summed E-state index contributed by atoms with van der Waals surface area (Å²) in [6, 6.07) is 16.6. The fourth-order valence-corrected chi connectivity index (χ4v) is 3.48. The van der Waals surface area contributed by atoms with Crippen molar-refractivity contribution in [1.82, 2.24) is 5.32 Å². The van der Waals surface area contributed by atoms with E-state index in [1.165, 1.54) is 11.8 Å². The average Bonchev–Trinajstić information content (AvgIpc) is 2.78. The van der Waals surface area contributed by atoms with Gasteiger partial charge in [0.1, 0.15) is 10.7 Å². The Morgan fingerprint density at radius 2 is 1.77 bits per heavy atom. The van der Waals surface area contributed by atoms with Crippen LogP contribution in [0.2, 0.25) is 5.02 Å². The third-order valence-corrected chi connectivity index (χ3v) is 5.02. The number of carbonyl (C=O) groups is 1. The molecule has 1 amide bonds. The predicted molar refractivity (Wildman–Crippen MR) is 89.0 cm³/mol. The zero-order valence-electron chi connectivity index (χ0n) is 11.6. The van der Waals surface area contributed by atoms with Gasteiger partial charge < -0.3 is 10.4 Å². The third-order valence-electron chi connectivity index (χ3n) is 3.41. The van der Waals surface area contributed by atoms with Crippen molar-refractivity contribution in [3.63, 3.8) is 0 Å². The van der Waals surface area contributed by atoms with Crippen LogP contribution >= 0.6 is 23.4 Å². The van der Waals surface area contributed by atoms with Gasteiger partial charge in [-0.05, 0) is 24.1 Å². The molecule has 1 aliphatic rings. The number of rotatable bonds is 4. The smallest absolute Gasteiger partial charge is 0.262 e. The van der Waals surface area contributed by atoms with Gasteiger partial charge in [0.2, 0.25) is 0 Å². The number of benzene rings is 2. The zero-order valence-corrected chi connectivity index (χ0v) is 13.2. The first-order valence-corrected chi connectivity index (χ1v) is 8.05. The van der Waals surface area contributed by atoms with Crippen LogP contribution < -0.4 is 5.32 Å². The van der Waals surface area contributed by atoms with E-state index in [0.29, 0.717) is 16.3 Å². The molecule has 1 aliphatic heterocycles. The van der Waals surface area contributed by atoms with Gasteiger partial charge in [0.25, 0.3) is 5.91 Å². The molecule has 0 radical (unpaired) electrons. The molecular formula is C17H14ClNO2S. The Labute approximate surface area is 138 Å². The van der Waals surface area contributed by atoms with Crippen molar-refractivity contribution in [2.75, 3.05) is 0 Å². The van der Waals surface area contributed by atoms with Gasteiger partial charge in [0.05, 0.1) is 11.1 Å². The van der Waals surface area contributed by atoms with Crippen LogP contribution in [-0.2, 0) is 11.2 Å². The highest BCUT2D eigenvalue weighted by molar-refractivity contribution is 8.04. The van der Waals surface area contributed by atoms with Gasteiger partial charge in [-0.3, -0.25) is 4.79 Å². The lowest BCUT2D eigenvalue weighted by molar-refractivity contribution is -0.116. The Morgan fingerprint density at radius 3 is 2.50 bits per heavy atom. The lowest BCUT2D eigenvalue weighted by atomic mass is 10.1. The molecule has 1 atom stereocenters. The summed E-state index contributed by atoms with van der Waals surface area (Å²) in [5.74, 6) is -0.179. The monoisotopic (exact) mass is 331 g/mol. The van der Waals surface area contributed by atoms with E-state index >= 15 is 0 Å². The van der Waals surface area contributed by atoms with Crippen LogP contribution in [0.5, 0.6) is 0 Å². The van der Waals surface area contributed by atoms with E-state index in [1.807, 2.05) is 48.5 Å². The summed E-state index contributed by atoms with van der Waals surface area (Å²) in [6.07, 6.45) is 0.561. The van der Waals surface area contributed by atoms with Crippen molar-refractivity contribution in [3.05, 3.63) is 75.8 Å². The number of aliphatic hydroxyl groups excluding tert-OH is 1. The minimum atomic E-state index is -0.389. The number of aliphatic hydroxyl groups is 1. The summed E-state index contributed by atoms with van der Waals surface area (Å²) in [7, 11) is 0.